The van der Waals surface area contributed by atoms with E-state index in [9.17, 15) is 24.5 Å². The van der Waals surface area contributed by atoms with E-state index in [1.54, 1.807) is 36.4 Å². The molecular formula is C24H22N4O5. The van der Waals surface area contributed by atoms with E-state index in [4.69, 9.17) is 0 Å². The number of nitro groups is 1. The Hall–Kier alpha value is -4.53. The molecular weight excluding hydrogens is 424 g/mol. The van der Waals surface area contributed by atoms with E-state index in [1.807, 2.05) is 19.1 Å². The highest BCUT2D eigenvalue weighted by Crippen LogP contribution is 2.13. The highest BCUT2D eigenvalue weighted by molar-refractivity contribution is 6.04. The molecule has 168 valence electrons. The quantitative estimate of drug-likeness (QED) is 0.278. The van der Waals surface area contributed by atoms with E-state index in [1.165, 1.54) is 24.3 Å². The van der Waals surface area contributed by atoms with Gasteiger partial charge in [-0.15, -0.1) is 0 Å². The minimum absolute atomic E-state index is 0.151. The number of carbonyl (C=O) groups excluding carboxylic acids is 3. The van der Waals surface area contributed by atoms with Gasteiger partial charge in [-0.05, 0) is 49.4 Å². The van der Waals surface area contributed by atoms with Crippen LogP contribution in [0.3, 0.4) is 0 Å². The van der Waals surface area contributed by atoms with E-state index in [2.05, 4.69) is 16.0 Å². The topological polar surface area (TPSA) is 130 Å². The van der Waals surface area contributed by atoms with Crippen LogP contribution in [-0.4, -0.2) is 35.7 Å². The normalized spacial score (nSPS) is 10.2. The molecule has 0 radical (unpaired) electrons. The molecule has 0 atom stereocenters. The average molecular weight is 446 g/mol. The molecule has 0 fully saturated rings. The molecule has 0 aromatic heterocycles. The second-order valence-corrected chi connectivity index (χ2v) is 7.22. The fraction of sp³-hybridized carbons (Fsp3) is 0.125. The highest BCUT2D eigenvalue weighted by Gasteiger charge is 2.12. The largest absolute Gasteiger partial charge is 0.350 e. The van der Waals surface area contributed by atoms with Gasteiger partial charge in [-0.3, -0.25) is 24.5 Å². The van der Waals surface area contributed by atoms with Crippen LogP contribution in [0.4, 0.5) is 11.4 Å². The predicted molar refractivity (Wildman–Crippen MR) is 123 cm³/mol. The maximum absolute atomic E-state index is 12.3. The van der Waals surface area contributed by atoms with Crippen molar-refractivity contribution < 1.29 is 19.3 Å². The number of amides is 3. The third-order valence-corrected chi connectivity index (χ3v) is 4.73. The molecule has 3 N–H and O–H groups in total. The maximum Gasteiger partial charge on any atom is 0.270 e. The zero-order chi connectivity index (χ0) is 23.8. The summed E-state index contributed by atoms with van der Waals surface area (Å²) in [4.78, 5) is 46.9. The summed E-state index contributed by atoms with van der Waals surface area (Å²) < 4.78 is 0. The number of nitrogens with one attached hydrogen (secondary N) is 3. The molecule has 3 amide bonds. The number of carbonyl (C=O) groups is 3. The van der Waals surface area contributed by atoms with Crippen molar-refractivity contribution >= 4 is 29.1 Å². The van der Waals surface area contributed by atoms with Crippen LogP contribution < -0.4 is 16.0 Å². The van der Waals surface area contributed by atoms with Crippen LogP contribution in [0, 0.1) is 17.0 Å². The summed E-state index contributed by atoms with van der Waals surface area (Å²) in [6.45, 7) is 2.26. The maximum atomic E-state index is 12.3. The van der Waals surface area contributed by atoms with Crippen LogP contribution in [0.15, 0.2) is 72.8 Å². The number of nitro benzene ring substituents is 1. The highest BCUT2D eigenvalue weighted by atomic mass is 16.6. The van der Waals surface area contributed by atoms with E-state index in [-0.39, 0.29) is 36.2 Å². The van der Waals surface area contributed by atoms with Gasteiger partial charge in [-0.2, -0.15) is 0 Å². The molecule has 9 nitrogen and oxygen atoms in total. The van der Waals surface area contributed by atoms with Crippen molar-refractivity contribution in [2.24, 2.45) is 0 Å². The summed E-state index contributed by atoms with van der Waals surface area (Å²) in [5.41, 5.74) is 2.54. The van der Waals surface area contributed by atoms with Crippen LogP contribution in [0.2, 0.25) is 0 Å². The summed E-state index contributed by atoms with van der Waals surface area (Å²) >= 11 is 0. The first kappa shape index (κ1) is 23.1. The Morgan fingerprint density at radius 2 is 1.30 bits per heavy atom. The van der Waals surface area contributed by atoms with E-state index < -0.39 is 10.8 Å². The molecule has 0 saturated carbocycles. The Balaban J connectivity index is 1.45. The number of nitrogens with zero attached hydrogens (tertiary/aromatic N) is 1. The van der Waals surface area contributed by atoms with Gasteiger partial charge in [0, 0.05) is 47.6 Å². The standard InChI is InChI=1S/C24H22N4O5/c1-16-5-7-18(8-6-16)24(31)27-20-11-9-17(10-12-20)22(29)25-13-14-26-23(30)19-3-2-4-21(15-19)28(32)33/h2-12,15H,13-14H2,1H3,(H,25,29)(H,26,30)(H,27,31). The zero-order valence-corrected chi connectivity index (χ0v) is 17.8. The molecule has 0 aliphatic carbocycles. The summed E-state index contributed by atoms with van der Waals surface area (Å²) in [6.07, 6.45) is 0. The van der Waals surface area contributed by atoms with Crippen molar-refractivity contribution in [3.8, 4) is 0 Å². The molecule has 3 rings (SSSR count). The number of hydrogen-bond acceptors (Lipinski definition) is 5. The molecule has 3 aromatic carbocycles. The lowest BCUT2D eigenvalue weighted by molar-refractivity contribution is -0.384. The lowest BCUT2D eigenvalue weighted by Gasteiger charge is -2.09. The van der Waals surface area contributed by atoms with Crippen LogP contribution in [0.25, 0.3) is 0 Å². The van der Waals surface area contributed by atoms with Crippen LogP contribution in [0.1, 0.15) is 36.6 Å². The number of benzene rings is 3. The fourth-order valence-corrected chi connectivity index (χ4v) is 2.93. The molecule has 3 aromatic rings. The monoisotopic (exact) mass is 446 g/mol. The third kappa shape index (κ3) is 6.47. The number of hydrogen-bond donors (Lipinski definition) is 3. The first-order valence-corrected chi connectivity index (χ1v) is 10.1. The van der Waals surface area contributed by atoms with Gasteiger partial charge in [0.2, 0.25) is 0 Å². The molecule has 9 heteroatoms. The van der Waals surface area contributed by atoms with Crippen molar-refractivity contribution in [2.75, 3.05) is 18.4 Å². The zero-order valence-electron chi connectivity index (χ0n) is 17.8. The van der Waals surface area contributed by atoms with Crippen LogP contribution >= 0.6 is 0 Å². The summed E-state index contributed by atoms with van der Waals surface area (Å²) in [6, 6.07) is 19.0. The fourth-order valence-electron chi connectivity index (χ4n) is 2.93. The Morgan fingerprint density at radius 3 is 1.91 bits per heavy atom. The van der Waals surface area contributed by atoms with Crippen molar-refractivity contribution in [3.63, 3.8) is 0 Å². The smallest absolute Gasteiger partial charge is 0.270 e. The first-order valence-electron chi connectivity index (χ1n) is 10.1. The van der Waals surface area contributed by atoms with E-state index in [0.29, 0.717) is 16.8 Å². The molecule has 0 spiro atoms. The van der Waals surface area contributed by atoms with Gasteiger partial charge in [-0.25, -0.2) is 0 Å². The molecule has 0 bridgehead atoms. The average Bonchev–Trinajstić information content (AvgIpc) is 2.82. The minimum atomic E-state index is -0.573. The lowest BCUT2D eigenvalue weighted by Crippen LogP contribution is -2.34. The Bertz CT molecular complexity index is 1170. The van der Waals surface area contributed by atoms with Crippen molar-refractivity contribution in [1.29, 1.82) is 0 Å². The minimum Gasteiger partial charge on any atom is -0.350 e. The van der Waals surface area contributed by atoms with Crippen molar-refractivity contribution in [1.82, 2.24) is 10.6 Å². The lowest BCUT2D eigenvalue weighted by atomic mass is 10.1. The number of rotatable bonds is 8. The van der Waals surface area contributed by atoms with Gasteiger partial charge in [0.15, 0.2) is 0 Å². The first-order chi connectivity index (χ1) is 15.8. The van der Waals surface area contributed by atoms with Gasteiger partial charge in [0.25, 0.3) is 23.4 Å². The SMILES string of the molecule is Cc1ccc(C(=O)Nc2ccc(C(=O)NCCNC(=O)c3cccc([N+](=O)[O-])c3)cc2)cc1. The van der Waals surface area contributed by atoms with Crippen LogP contribution in [0.5, 0.6) is 0 Å². The second kappa shape index (κ2) is 10.7. The Morgan fingerprint density at radius 1 is 0.758 bits per heavy atom. The summed E-state index contributed by atoms with van der Waals surface area (Å²) in [5, 5.41) is 18.9. The van der Waals surface area contributed by atoms with Gasteiger partial charge in [0.1, 0.15) is 0 Å². The molecule has 33 heavy (non-hydrogen) atoms. The molecule has 0 unspecified atom stereocenters. The third-order valence-electron chi connectivity index (χ3n) is 4.73. The molecule has 0 heterocycles. The Labute approximate surface area is 190 Å². The number of non-ortho nitro benzene ring substituents is 1. The summed E-state index contributed by atoms with van der Waals surface area (Å²) in [7, 11) is 0. The van der Waals surface area contributed by atoms with E-state index >= 15 is 0 Å². The Kier molecular flexibility index (Phi) is 7.48. The number of aryl methyl sites for hydroxylation is 1. The molecule has 0 saturated heterocycles. The van der Waals surface area contributed by atoms with Gasteiger partial charge < -0.3 is 16.0 Å². The van der Waals surface area contributed by atoms with E-state index in [0.717, 1.165) is 5.56 Å². The number of anilines is 1. The van der Waals surface area contributed by atoms with Crippen molar-refractivity contribution in [3.05, 3.63) is 105 Å². The van der Waals surface area contributed by atoms with Crippen LogP contribution in [-0.2, 0) is 0 Å². The van der Waals surface area contributed by atoms with Gasteiger partial charge in [-0.1, -0.05) is 23.8 Å². The van der Waals surface area contributed by atoms with Gasteiger partial charge in [0.05, 0.1) is 4.92 Å². The second-order valence-electron chi connectivity index (χ2n) is 7.22. The van der Waals surface area contributed by atoms with Crippen molar-refractivity contribution in [2.45, 2.75) is 6.92 Å². The molecule has 0 aliphatic rings. The van der Waals surface area contributed by atoms with Gasteiger partial charge >= 0.3 is 0 Å². The molecule has 0 aliphatic heterocycles. The predicted octanol–water partition coefficient (Wildman–Crippen LogP) is 3.32. The summed E-state index contributed by atoms with van der Waals surface area (Å²) in [5.74, 6) is -1.05.